The van der Waals surface area contributed by atoms with Gasteiger partial charge in [-0.05, 0) is 37.3 Å². The first kappa shape index (κ1) is 24.5. The van der Waals surface area contributed by atoms with Crippen molar-refractivity contribution < 1.29 is 17.9 Å². The van der Waals surface area contributed by atoms with Gasteiger partial charge in [0, 0.05) is 33.1 Å². The van der Waals surface area contributed by atoms with Crippen molar-refractivity contribution in [2.75, 3.05) is 25.0 Å². The molecule has 1 aromatic heterocycles. The number of hydrogen-bond donors (Lipinski definition) is 1. The molecule has 3 aromatic rings. The number of hydrogen-bond acceptors (Lipinski definition) is 5. The molecule has 0 spiro atoms. The molecule has 0 fully saturated rings. The zero-order valence-electron chi connectivity index (χ0n) is 19.4. The summed E-state index contributed by atoms with van der Waals surface area (Å²) in [5.41, 5.74) is 1.61. The third-order valence-corrected chi connectivity index (χ3v) is 7.53. The fourth-order valence-electron chi connectivity index (χ4n) is 3.77. The maximum atomic E-state index is 12.9. The van der Waals surface area contributed by atoms with E-state index in [0.29, 0.717) is 25.4 Å². The van der Waals surface area contributed by atoms with E-state index in [0.717, 1.165) is 11.0 Å². The number of carbonyl (C=O) groups is 1. The Balaban J connectivity index is 1.84. The molecule has 0 unspecified atom stereocenters. The van der Waals surface area contributed by atoms with Crippen molar-refractivity contribution in [3.8, 4) is 5.75 Å². The fourth-order valence-corrected chi connectivity index (χ4v) is 5.25. The Morgan fingerprint density at radius 2 is 1.73 bits per heavy atom. The summed E-state index contributed by atoms with van der Waals surface area (Å²) < 4.78 is 35.8. The highest BCUT2D eigenvalue weighted by molar-refractivity contribution is 7.89. The molecule has 10 heteroatoms. The third kappa shape index (κ3) is 4.96. The zero-order valence-corrected chi connectivity index (χ0v) is 20.2. The van der Waals surface area contributed by atoms with Crippen molar-refractivity contribution in [2.45, 2.75) is 38.6 Å². The van der Waals surface area contributed by atoms with Gasteiger partial charge in [-0.3, -0.25) is 13.9 Å². The minimum atomic E-state index is -3.70. The van der Waals surface area contributed by atoms with Gasteiger partial charge >= 0.3 is 5.69 Å². The first-order valence-electron chi connectivity index (χ1n) is 11.0. The molecule has 1 amide bonds. The standard InChI is InChI=1S/C23H30N4O5S/c1-5-26(6-2)33(30,31)17-12-13-21(32-7-3)18(16-17)24-22(28)14-15-27-20-11-9-8-10-19(20)25(4)23(27)29/h8-13,16H,5-7,14-15H2,1-4H3,(H,24,28). The maximum Gasteiger partial charge on any atom is 0.328 e. The number of nitrogens with zero attached hydrogens (tertiary/aromatic N) is 3. The van der Waals surface area contributed by atoms with Crippen molar-refractivity contribution in [1.82, 2.24) is 13.4 Å². The van der Waals surface area contributed by atoms with Crippen LogP contribution in [-0.2, 0) is 28.4 Å². The normalized spacial score (nSPS) is 11.8. The van der Waals surface area contributed by atoms with Crippen LogP contribution in [-0.4, -0.2) is 47.5 Å². The topological polar surface area (TPSA) is 103 Å². The highest BCUT2D eigenvalue weighted by Crippen LogP contribution is 2.29. The molecule has 1 heterocycles. The lowest BCUT2D eigenvalue weighted by atomic mass is 10.2. The molecule has 0 aliphatic rings. The van der Waals surface area contributed by atoms with E-state index in [1.807, 2.05) is 24.3 Å². The second kappa shape index (κ2) is 10.2. The van der Waals surface area contributed by atoms with Crippen molar-refractivity contribution in [1.29, 1.82) is 0 Å². The summed E-state index contributed by atoms with van der Waals surface area (Å²) in [4.78, 5) is 25.4. The molecule has 0 aliphatic carbocycles. The van der Waals surface area contributed by atoms with E-state index in [-0.39, 0.29) is 35.1 Å². The Kier molecular flexibility index (Phi) is 7.60. The number of aromatic nitrogens is 2. The van der Waals surface area contributed by atoms with Gasteiger partial charge in [0.2, 0.25) is 15.9 Å². The molecule has 0 saturated heterocycles. The van der Waals surface area contributed by atoms with Gasteiger partial charge in [-0.2, -0.15) is 4.31 Å². The number of amides is 1. The molecule has 178 valence electrons. The van der Waals surface area contributed by atoms with Gasteiger partial charge in [-0.1, -0.05) is 26.0 Å². The summed E-state index contributed by atoms with van der Waals surface area (Å²) >= 11 is 0. The number of para-hydroxylation sites is 2. The molecular formula is C23H30N4O5S. The van der Waals surface area contributed by atoms with E-state index in [1.165, 1.54) is 16.4 Å². The van der Waals surface area contributed by atoms with E-state index >= 15 is 0 Å². The SMILES string of the molecule is CCOc1ccc(S(=O)(=O)N(CC)CC)cc1NC(=O)CCn1c(=O)n(C)c2ccccc21. The van der Waals surface area contributed by atoms with Gasteiger partial charge < -0.3 is 10.1 Å². The van der Waals surface area contributed by atoms with Crippen LogP contribution in [0.15, 0.2) is 52.2 Å². The lowest BCUT2D eigenvalue weighted by Gasteiger charge is -2.20. The molecule has 9 nitrogen and oxygen atoms in total. The Hall–Kier alpha value is -3.11. The molecule has 2 aromatic carbocycles. The molecule has 1 N–H and O–H groups in total. The van der Waals surface area contributed by atoms with Crippen LogP contribution in [0.25, 0.3) is 11.0 Å². The van der Waals surface area contributed by atoms with Crippen molar-refractivity contribution in [2.24, 2.45) is 7.05 Å². The Bertz CT molecular complexity index is 1310. The van der Waals surface area contributed by atoms with E-state index < -0.39 is 10.0 Å². The summed E-state index contributed by atoms with van der Waals surface area (Å²) in [6.45, 7) is 6.57. The molecule has 0 aliphatic heterocycles. The van der Waals surface area contributed by atoms with Crippen LogP contribution in [0.4, 0.5) is 5.69 Å². The number of fused-ring (bicyclic) bond motifs is 1. The van der Waals surface area contributed by atoms with E-state index in [1.54, 1.807) is 43.0 Å². The van der Waals surface area contributed by atoms with Crippen molar-refractivity contribution in [3.63, 3.8) is 0 Å². The monoisotopic (exact) mass is 474 g/mol. The Morgan fingerprint density at radius 3 is 2.36 bits per heavy atom. The van der Waals surface area contributed by atoms with Crippen LogP contribution >= 0.6 is 0 Å². The molecular weight excluding hydrogens is 444 g/mol. The summed E-state index contributed by atoms with van der Waals surface area (Å²) in [6.07, 6.45) is 0.0342. The van der Waals surface area contributed by atoms with Crippen LogP contribution < -0.4 is 15.7 Å². The fraction of sp³-hybridized carbons (Fsp3) is 0.391. The molecule has 0 bridgehead atoms. The number of imidazole rings is 1. The largest absolute Gasteiger partial charge is 0.492 e. The van der Waals surface area contributed by atoms with Gasteiger partial charge in [0.05, 0.1) is 28.2 Å². The molecule has 33 heavy (non-hydrogen) atoms. The zero-order chi connectivity index (χ0) is 24.2. The summed E-state index contributed by atoms with van der Waals surface area (Å²) in [5, 5.41) is 2.76. The molecule has 0 atom stereocenters. The maximum absolute atomic E-state index is 12.9. The molecule has 3 rings (SSSR count). The van der Waals surface area contributed by atoms with Crippen LogP contribution in [0.1, 0.15) is 27.2 Å². The summed E-state index contributed by atoms with van der Waals surface area (Å²) in [7, 11) is -2.00. The van der Waals surface area contributed by atoms with Crippen LogP contribution in [0.2, 0.25) is 0 Å². The predicted octanol–water partition coefficient (Wildman–Crippen LogP) is 2.80. The van der Waals surface area contributed by atoms with Crippen molar-refractivity contribution in [3.05, 3.63) is 52.9 Å². The summed E-state index contributed by atoms with van der Waals surface area (Å²) in [5.74, 6) is 0.0276. The smallest absolute Gasteiger partial charge is 0.328 e. The number of anilines is 1. The highest BCUT2D eigenvalue weighted by atomic mass is 32.2. The number of carbonyl (C=O) groups excluding carboxylic acids is 1. The number of nitrogens with one attached hydrogen (secondary N) is 1. The minimum Gasteiger partial charge on any atom is -0.492 e. The van der Waals surface area contributed by atoms with Gasteiger partial charge in [-0.15, -0.1) is 0 Å². The first-order chi connectivity index (χ1) is 15.7. The highest BCUT2D eigenvalue weighted by Gasteiger charge is 2.23. The number of rotatable bonds is 10. The number of ether oxygens (including phenoxy) is 1. The second-order valence-corrected chi connectivity index (χ2v) is 9.40. The Labute approximate surface area is 193 Å². The van der Waals surface area contributed by atoms with Gasteiger partial charge in [-0.25, -0.2) is 13.2 Å². The van der Waals surface area contributed by atoms with Gasteiger partial charge in [0.1, 0.15) is 5.75 Å². The summed E-state index contributed by atoms with van der Waals surface area (Å²) in [6, 6.07) is 11.8. The van der Waals surface area contributed by atoms with Gasteiger partial charge in [0.15, 0.2) is 0 Å². The predicted molar refractivity (Wildman–Crippen MR) is 128 cm³/mol. The quantitative estimate of drug-likeness (QED) is 0.487. The van der Waals surface area contributed by atoms with Crippen LogP contribution in [0.5, 0.6) is 5.75 Å². The van der Waals surface area contributed by atoms with E-state index in [9.17, 15) is 18.0 Å². The number of benzene rings is 2. The van der Waals surface area contributed by atoms with Crippen LogP contribution in [0.3, 0.4) is 0 Å². The van der Waals surface area contributed by atoms with E-state index in [2.05, 4.69) is 5.32 Å². The number of sulfonamides is 1. The lowest BCUT2D eigenvalue weighted by Crippen LogP contribution is -2.30. The molecule has 0 radical (unpaired) electrons. The third-order valence-electron chi connectivity index (χ3n) is 5.48. The lowest BCUT2D eigenvalue weighted by molar-refractivity contribution is -0.116. The van der Waals surface area contributed by atoms with Crippen molar-refractivity contribution >= 4 is 32.7 Å². The average molecular weight is 475 g/mol. The average Bonchev–Trinajstić information content (AvgIpc) is 3.04. The minimum absolute atomic E-state index is 0.0342. The van der Waals surface area contributed by atoms with E-state index in [4.69, 9.17) is 4.74 Å². The molecule has 0 saturated carbocycles. The second-order valence-electron chi connectivity index (χ2n) is 7.46. The Morgan fingerprint density at radius 1 is 1.06 bits per heavy atom. The van der Waals surface area contributed by atoms with Crippen LogP contribution in [0, 0.1) is 0 Å². The first-order valence-corrected chi connectivity index (χ1v) is 12.4. The number of aryl methyl sites for hydroxylation is 2. The van der Waals surface area contributed by atoms with Gasteiger partial charge in [0.25, 0.3) is 0 Å².